The Kier molecular flexibility index (Phi) is 8.31. The third kappa shape index (κ3) is 10.9. The van der Waals surface area contributed by atoms with Crippen LogP contribution < -0.4 is 5.73 Å². The smallest absolute Gasteiger partial charge is 0.241 e. The lowest BCUT2D eigenvalue weighted by Crippen LogP contribution is -2.04. The number of rotatable bonds is 7. The first-order valence-electron chi connectivity index (χ1n) is 4.90. The van der Waals surface area contributed by atoms with Gasteiger partial charge in [-0.25, -0.2) is 0 Å². The standard InChI is InChI=1S/C11H19NO/c1-2-3-4-5-6-7-8-9-10-11(12)13/h7-10H,2-6H2,1H3,(H2,12,13)/b8-7+,10-9+. The van der Waals surface area contributed by atoms with E-state index in [1.807, 2.05) is 6.08 Å². The third-order valence-electron chi connectivity index (χ3n) is 1.73. The molecule has 0 rings (SSSR count). The van der Waals surface area contributed by atoms with Crippen molar-refractivity contribution in [2.45, 2.75) is 39.0 Å². The third-order valence-corrected chi connectivity index (χ3v) is 1.73. The largest absolute Gasteiger partial charge is 0.366 e. The first-order chi connectivity index (χ1) is 6.27. The van der Waals surface area contributed by atoms with Crippen LogP contribution in [0.25, 0.3) is 0 Å². The van der Waals surface area contributed by atoms with Gasteiger partial charge in [-0.2, -0.15) is 0 Å². The number of carbonyl (C=O) groups is 1. The Balaban J connectivity index is 3.26. The van der Waals surface area contributed by atoms with Crippen molar-refractivity contribution >= 4 is 5.91 Å². The number of allylic oxidation sites excluding steroid dienone is 3. The summed E-state index contributed by atoms with van der Waals surface area (Å²) in [7, 11) is 0. The SMILES string of the molecule is CCCCCC/C=C/C=C/C(N)=O. The average Bonchev–Trinajstić information content (AvgIpc) is 2.09. The van der Waals surface area contributed by atoms with Crippen LogP contribution in [0.15, 0.2) is 24.3 Å². The van der Waals surface area contributed by atoms with Crippen LogP contribution in [0.5, 0.6) is 0 Å². The minimum atomic E-state index is -0.393. The highest BCUT2D eigenvalue weighted by Crippen LogP contribution is 2.02. The first-order valence-corrected chi connectivity index (χ1v) is 4.90. The van der Waals surface area contributed by atoms with Crippen molar-refractivity contribution in [2.24, 2.45) is 5.73 Å². The summed E-state index contributed by atoms with van der Waals surface area (Å²) in [5.41, 5.74) is 4.91. The Bertz CT molecular complexity index is 183. The zero-order valence-electron chi connectivity index (χ0n) is 8.33. The molecule has 0 unspecified atom stereocenters. The molecule has 0 saturated heterocycles. The van der Waals surface area contributed by atoms with Gasteiger partial charge in [0.2, 0.25) is 5.91 Å². The predicted octanol–water partition coefficient (Wildman–Crippen LogP) is 2.55. The van der Waals surface area contributed by atoms with E-state index in [-0.39, 0.29) is 0 Å². The maximum absolute atomic E-state index is 10.3. The highest BCUT2D eigenvalue weighted by atomic mass is 16.1. The Morgan fingerprint density at radius 3 is 2.62 bits per heavy atom. The van der Waals surface area contributed by atoms with E-state index in [1.54, 1.807) is 6.08 Å². The van der Waals surface area contributed by atoms with E-state index in [0.29, 0.717) is 0 Å². The summed E-state index contributed by atoms with van der Waals surface area (Å²) in [5.74, 6) is -0.393. The normalized spacial score (nSPS) is 11.5. The van der Waals surface area contributed by atoms with Gasteiger partial charge in [0, 0.05) is 6.08 Å². The lowest BCUT2D eigenvalue weighted by Gasteiger charge is -1.92. The summed E-state index contributed by atoms with van der Waals surface area (Å²) in [6.45, 7) is 2.20. The number of nitrogens with two attached hydrogens (primary N) is 1. The summed E-state index contributed by atoms with van der Waals surface area (Å²) in [6.07, 6.45) is 13.2. The summed E-state index contributed by atoms with van der Waals surface area (Å²) >= 11 is 0. The molecule has 2 nitrogen and oxygen atoms in total. The fourth-order valence-electron chi connectivity index (χ4n) is 1.01. The van der Waals surface area contributed by atoms with E-state index in [1.165, 1.54) is 31.8 Å². The highest BCUT2D eigenvalue weighted by molar-refractivity contribution is 5.85. The maximum Gasteiger partial charge on any atom is 0.241 e. The van der Waals surface area contributed by atoms with Gasteiger partial charge in [-0.15, -0.1) is 0 Å². The summed E-state index contributed by atoms with van der Waals surface area (Å²) in [4.78, 5) is 10.3. The Labute approximate surface area is 80.5 Å². The molecule has 0 saturated carbocycles. The van der Waals surface area contributed by atoms with Crippen molar-refractivity contribution in [3.8, 4) is 0 Å². The van der Waals surface area contributed by atoms with Crippen LogP contribution in [0.3, 0.4) is 0 Å². The molecule has 0 heterocycles. The quantitative estimate of drug-likeness (QED) is 0.366. The second kappa shape index (κ2) is 9.04. The number of hydrogen-bond acceptors (Lipinski definition) is 1. The van der Waals surface area contributed by atoms with Crippen molar-refractivity contribution in [2.75, 3.05) is 0 Å². The lowest BCUT2D eigenvalue weighted by atomic mass is 10.1. The molecule has 2 N–H and O–H groups in total. The monoisotopic (exact) mass is 181 g/mol. The fraction of sp³-hybridized carbons (Fsp3) is 0.545. The van der Waals surface area contributed by atoms with Crippen LogP contribution in [0.1, 0.15) is 39.0 Å². The molecule has 0 aliphatic rings. The molecule has 0 aliphatic heterocycles. The second-order valence-corrected chi connectivity index (χ2v) is 3.04. The molecule has 0 bridgehead atoms. The Hall–Kier alpha value is -1.05. The topological polar surface area (TPSA) is 43.1 Å². The molecule has 74 valence electrons. The van der Waals surface area contributed by atoms with Gasteiger partial charge in [0.15, 0.2) is 0 Å². The van der Waals surface area contributed by atoms with Crippen LogP contribution >= 0.6 is 0 Å². The van der Waals surface area contributed by atoms with Crippen molar-refractivity contribution in [3.05, 3.63) is 24.3 Å². The van der Waals surface area contributed by atoms with Gasteiger partial charge < -0.3 is 5.73 Å². The van der Waals surface area contributed by atoms with E-state index >= 15 is 0 Å². The van der Waals surface area contributed by atoms with Crippen LogP contribution in [0, 0.1) is 0 Å². The molecule has 0 aromatic heterocycles. The zero-order valence-corrected chi connectivity index (χ0v) is 8.33. The molecular formula is C11H19NO. The molecule has 0 atom stereocenters. The Morgan fingerprint density at radius 2 is 2.00 bits per heavy atom. The molecular weight excluding hydrogens is 162 g/mol. The molecule has 0 aliphatic carbocycles. The predicted molar refractivity (Wildman–Crippen MR) is 56.2 cm³/mol. The van der Waals surface area contributed by atoms with E-state index in [0.717, 1.165) is 6.42 Å². The molecule has 0 fully saturated rings. The van der Waals surface area contributed by atoms with Crippen molar-refractivity contribution in [1.82, 2.24) is 0 Å². The first kappa shape index (κ1) is 11.9. The van der Waals surface area contributed by atoms with Gasteiger partial charge in [0.1, 0.15) is 0 Å². The maximum atomic E-state index is 10.3. The summed E-state index contributed by atoms with van der Waals surface area (Å²) < 4.78 is 0. The molecule has 1 amide bonds. The van der Waals surface area contributed by atoms with Crippen molar-refractivity contribution < 1.29 is 4.79 Å². The average molecular weight is 181 g/mol. The minimum Gasteiger partial charge on any atom is -0.366 e. The highest BCUT2D eigenvalue weighted by Gasteiger charge is 1.83. The number of primary amides is 1. The van der Waals surface area contributed by atoms with E-state index in [4.69, 9.17) is 5.73 Å². The summed E-state index contributed by atoms with van der Waals surface area (Å²) in [5, 5.41) is 0. The number of hydrogen-bond donors (Lipinski definition) is 1. The van der Waals surface area contributed by atoms with Gasteiger partial charge in [0.25, 0.3) is 0 Å². The lowest BCUT2D eigenvalue weighted by molar-refractivity contribution is -0.113. The zero-order chi connectivity index (χ0) is 9.94. The van der Waals surface area contributed by atoms with Crippen LogP contribution in [0.2, 0.25) is 0 Å². The second-order valence-electron chi connectivity index (χ2n) is 3.04. The molecule has 0 radical (unpaired) electrons. The van der Waals surface area contributed by atoms with Crippen molar-refractivity contribution in [3.63, 3.8) is 0 Å². The van der Waals surface area contributed by atoms with Gasteiger partial charge in [0.05, 0.1) is 0 Å². The molecule has 0 spiro atoms. The van der Waals surface area contributed by atoms with Gasteiger partial charge in [-0.3, -0.25) is 4.79 Å². The minimum absolute atomic E-state index is 0.393. The number of carbonyl (C=O) groups excluding carboxylic acids is 1. The van der Waals surface area contributed by atoms with Crippen LogP contribution in [-0.4, -0.2) is 5.91 Å². The van der Waals surface area contributed by atoms with Gasteiger partial charge in [-0.05, 0) is 12.8 Å². The van der Waals surface area contributed by atoms with E-state index in [9.17, 15) is 4.79 Å². The molecule has 13 heavy (non-hydrogen) atoms. The van der Waals surface area contributed by atoms with Gasteiger partial charge in [-0.1, -0.05) is 44.4 Å². The van der Waals surface area contributed by atoms with E-state index in [2.05, 4.69) is 13.0 Å². The van der Waals surface area contributed by atoms with Crippen molar-refractivity contribution in [1.29, 1.82) is 0 Å². The molecule has 2 heteroatoms. The fourth-order valence-corrected chi connectivity index (χ4v) is 1.01. The molecule has 0 aromatic carbocycles. The van der Waals surface area contributed by atoms with Crippen LogP contribution in [-0.2, 0) is 4.79 Å². The van der Waals surface area contributed by atoms with Gasteiger partial charge >= 0.3 is 0 Å². The number of unbranched alkanes of at least 4 members (excludes halogenated alkanes) is 4. The number of amides is 1. The molecule has 0 aromatic rings. The van der Waals surface area contributed by atoms with Crippen LogP contribution in [0.4, 0.5) is 0 Å². The Morgan fingerprint density at radius 1 is 1.23 bits per heavy atom. The van der Waals surface area contributed by atoms with E-state index < -0.39 is 5.91 Å². The summed E-state index contributed by atoms with van der Waals surface area (Å²) in [6, 6.07) is 0.